The van der Waals surface area contributed by atoms with Crippen molar-refractivity contribution in [3.05, 3.63) is 53.2 Å². The number of carbonyl (C=O) groups is 1. The first kappa shape index (κ1) is 21.2. The van der Waals surface area contributed by atoms with Gasteiger partial charge in [0.05, 0.1) is 17.6 Å². The van der Waals surface area contributed by atoms with Crippen LogP contribution in [0.5, 0.6) is 5.75 Å². The lowest BCUT2D eigenvalue weighted by Crippen LogP contribution is -2.26. The van der Waals surface area contributed by atoms with E-state index in [1.807, 2.05) is 65.2 Å². The Kier molecular flexibility index (Phi) is 5.92. The maximum absolute atomic E-state index is 12.8. The van der Waals surface area contributed by atoms with Crippen molar-refractivity contribution in [2.75, 3.05) is 21.2 Å². The van der Waals surface area contributed by atoms with Gasteiger partial charge in [0.15, 0.2) is 0 Å². The van der Waals surface area contributed by atoms with Crippen molar-refractivity contribution in [1.29, 1.82) is 0 Å². The second kappa shape index (κ2) is 8.09. The molecule has 0 radical (unpaired) electrons. The normalized spacial score (nSPS) is 11.9. The first-order valence-corrected chi connectivity index (χ1v) is 9.83. The van der Waals surface area contributed by atoms with Gasteiger partial charge in [0, 0.05) is 29.3 Å². The van der Waals surface area contributed by atoms with E-state index in [0.29, 0.717) is 10.5 Å². The van der Waals surface area contributed by atoms with Gasteiger partial charge in [-0.25, -0.2) is 4.79 Å². The molecule has 0 saturated carbocycles. The van der Waals surface area contributed by atoms with Gasteiger partial charge in [-0.1, -0.05) is 23.7 Å². The Balaban J connectivity index is 2.19. The zero-order valence-corrected chi connectivity index (χ0v) is 18.5. The molecule has 0 amide bonds. The molecule has 5 nitrogen and oxygen atoms in total. The quantitative estimate of drug-likeness (QED) is 0.539. The van der Waals surface area contributed by atoms with Crippen molar-refractivity contribution in [2.45, 2.75) is 32.9 Å². The van der Waals surface area contributed by atoms with Gasteiger partial charge in [0.25, 0.3) is 0 Å². The summed E-state index contributed by atoms with van der Waals surface area (Å²) in [7, 11) is 5.69. The van der Waals surface area contributed by atoms with Gasteiger partial charge in [-0.2, -0.15) is 0 Å². The summed E-state index contributed by atoms with van der Waals surface area (Å²) in [5.41, 5.74) is 3.01. The molecule has 0 bridgehead atoms. The van der Waals surface area contributed by atoms with Crippen LogP contribution in [0, 0.1) is 0 Å². The largest absolute Gasteiger partial charge is 0.496 e. The average Bonchev–Trinajstić information content (AvgIpc) is 3.01. The van der Waals surface area contributed by atoms with E-state index in [4.69, 9.17) is 21.1 Å². The molecule has 154 valence electrons. The third-order valence-corrected chi connectivity index (χ3v) is 4.76. The SMILES string of the molecule is COc1ccc(-c2cn(C(=O)OC(C)(C)C)c3cccc(Cl)c23)cc1CN(C)C. The van der Waals surface area contributed by atoms with Gasteiger partial charge in [0.2, 0.25) is 0 Å². The van der Waals surface area contributed by atoms with Gasteiger partial charge in [-0.15, -0.1) is 0 Å². The van der Waals surface area contributed by atoms with Crippen LogP contribution in [0.15, 0.2) is 42.6 Å². The van der Waals surface area contributed by atoms with Crippen molar-refractivity contribution in [3.63, 3.8) is 0 Å². The fourth-order valence-corrected chi connectivity index (χ4v) is 3.61. The van der Waals surface area contributed by atoms with Crippen LogP contribution in [0.2, 0.25) is 5.02 Å². The molecule has 2 aromatic carbocycles. The molecule has 0 aliphatic rings. The number of fused-ring (bicyclic) bond motifs is 1. The molecule has 0 fully saturated rings. The van der Waals surface area contributed by atoms with E-state index in [2.05, 4.69) is 11.0 Å². The highest BCUT2D eigenvalue weighted by molar-refractivity contribution is 6.36. The van der Waals surface area contributed by atoms with Crippen molar-refractivity contribution >= 4 is 28.6 Å². The molecule has 3 aromatic rings. The van der Waals surface area contributed by atoms with Crippen molar-refractivity contribution < 1.29 is 14.3 Å². The van der Waals surface area contributed by atoms with Crippen LogP contribution >= 0.6 is 11.6 Å². The zero-order chi connectivity index (χ0) is 21.3. The predicted octanol–water partition coefficient (Wildman–Crippen LogP) is 5.82. The Hall–Kier alpha value is -2.50. The molecular weight excluding hydrogens is 388 g/mol. The second-order valence-electron chi connectivity index (χ2n) is 8.29. The predicted molar refractivity (Wildman–Crippen MR) is 118 cm³/mol. The minimum Gasteiger partial charge on any atom is -0.496 e. The lowest BCUT2D eigenvalue weighted by Gasteiger charge is -2.19. The summed E-state index contributed by atoms with van der Waals surface area (Å²) >= 11 is 6.55. The Morgan fingerprint density at radius 3 is 2.52 bits per heavy atom. The fraction of sp³-hybridized carbons (Fsp3) is 0.348. The van der Waals surface area contributed by atoms with E-state index in [1.54, 1.807) is 13.3 Å². The molecule has 1 aromatic heterocycles. The number of rotatable bonds is 4. The van der Waals surface area contributed by atoms with E-state index in [-0.39, 0.29) is 0 Å². The van der Waals surface area contributed by atoms with Crippen molar-refractivity contribution in [2.24, 2.45) is 0 Å². The summed E-state index contributed by atoms with van der Waals surface area (Å²) in [5, 5.41) is 1.41. The standard InChI is InChI=1S/C23H27ClN2O3/c1-23(2,3)29-22(27)26-14-17(21-18(24)8-7-9-19(21)26)15-10-11-20(28-6)16(12-15)13-25(4)5/h7-12,14H,13H2,1-6H3. The number of ether oxygens (including phenoxy) is 2. The number of hydrogen-bond acceptors (Lipinski definition) is 4. The Bertz CT molecular complexity index is 1050. The minimum atomic E-state index is -0.592. The van der Waals surface area contributed by atoms with Crippen molar-refractivity contribution in [3.8, 4) is 16.9 Å². The van der Waals surface area contributed by atoms with Crippen LogP contribution in [-0.4, -0.2) is 42.4 Å². The maximum atomic E-state index is 12.8. The highest BCUT2D eigenvalue weighted by Gasteiger charge is 2.22. The summed E-state index contributed by atoms with van der Waals surface area (Å²) in [6.07, 6.45) is 1.37. The summed E-state index contributed by atoms with van der Waals surface area (Å²) in [4.78, 5) is 14.9. The van der Waals surface area contributed by atoms with Crippen LogP contribution in [0.1, 0.15) is 26.3 Å². The molecular formula is C23H27ClN2O3. The van der Waals surface area contributed by atoms with Gasteiger partial charge in [-0.3, -0.25) is 4.57 Å². The monoisotopic (exact) mass is 414 g/mol. The highest BCUT2D eigenvalue weighted by Crippen LogP contribution is 2.37. The van der Waals surface area contributed by atoms with E-state index >= 15 is 0 Å². The van der Waals surface area contributed by atoms with E-state index in [1.165, 1.54) is 4.57 Å². The maximum Gasteiger partial charge on any atom is 0.419 e. The number of halogens is 1. The molecule has 0 aliphatic heterocycles. The van der Waals surface area contributed by atoms with Crippen LogP contribution in [0.25, 0.3) is 22.0 Å². The first-order chi connectivity index (χ1) is 13.6. The van der Waals surface area contributed by atoms with E-state index < -0.39 is 11.7 Å². The van der Waals surface area contributed by atoms with Gasteiger partial charge < -0.3 is 14.4 Å². The van der Waals surface area contributed by atoms with E-state index in [0.717, 1.165) is 34.4 Å². The fourth-order valence-electron chi connectivity index (χ4n) is 3.33. The number of nitrogens with zero attached hydrogens (tertiary/aromatic N) is 2. The lowest BCUT2D eigenvalue weighted by molar-refractivity contribution is 0.0544. The highest BCUT2D eigenvalue weighted by atomic mass is 35.5. The molecule has 0 saturated heterocycles. The molecule has 6 heteroatoms. The zero-order valence-electron chi connectivity index (χ0n) is 17.7. The van der Waals surface area contributed by atoms with Gasteiger partial charge >= 0.3 is 6.09 Å². The molecule has 0 atom stereocenters. The minimum absolute atomic E-state index is 0.432. The molecule has 0 N–H and O–H groups in total. The van der Waals surface area contributed by atoms with Crippen LogP contribution < -0.4 is 4.74 Å². The topological polar surface area (TPSA) is 43.7 Å². The van der Waals surface area contributed by atoms with E-state index in [9.17, 15) is 4.79 Å². The lowest BCUT2D eigenvalue weighted by atomic mass is 10.0. The average molecular weight is 415 g/mol. The summed E-state index contributed by atoms with van der Waals surface area (Å²) in [6, 6.07) is 11.5. The number of methoxy groups -OCH3 is 1. The summed E-state index contributed by atoms with van der Waals surface area (Å²) in [5.74, 6) is 0.824. The molecule has 3 rings (SSSR count). The molecule has 0 aliphatic carbocycles. The summed E-state index contributed by atoms with van der Waals surface area (Å²) in [6.45, 7) is 6.28. The third-order valence-electron chi connectivity index (χ3n) is 4.45. The molecule has 0 unspecified atom stereocenters. The third kappa shape index (κ3) is 4.57. The van der Waals surface area contributed by atoms with Crippen LogP contribution in [-0.2, 0) is 11.3 Å². The van der Waals surface area contributed by atoms with Gasteiger partial charge in [-0.05, 0) is 64.7 Å². The smallest absolute Gasteiger partial charge is 0.419 e. The Labute approximate surface area is 176 Å². The molecule has 29 heavy (non-hydrogen) atoms. The first-order valence-electron chi connectivity index (χ1n) is 9.45. The summed E-state index contributed by atoms with van der Waals surface area (Å²) < 4.78 is 12.6. The molecule has 1 heterocycles. The van der Waals surface area contributed by atoms with Crippen LogP contribution in [0.4, 0.5) is 4.79 Å². The number of carbonyl (C=O) groups excluding carboxylic acids is 1. The number of hydrogen-bond donors (Lipinski definition) is 0. The Morgan fingerprint density at radius 2 is 1.90 bits per heavy atom. The Morgan fingerprint density at radius 1 is 1.17 bits per heavy atom. The van der Waals surface area contributed by atoms with Gasteiger partial charge in [0.1, 0.15) is 11.4 Å². The number of aromatic nitrogens is 1. The number of benzene rings is 2. The second-order valence-corrected chi connectivity index (χ2v) is 8.70. The molecule has 0 spiro atoms. The van der Waals surface area contributed by atoms with Crippen LogP contribution in [0.3, 0.4) is 0 Å². The van der Waals surface area contributed by atoms with Crippen molar-refractivity contribution in [1.82, 2.24) is 9.47 Å².